The fraction of sp³-hybridized carbons (Fsp3) is 0.0541. The lowest BCUT2D eigenvalue weighted by Gasteiger charge is -2.11. The number of nitrogens with zero attached hydrogens (tertiary/aromatic N) is 7. The Morgan fingerprint density at radius 2 is 0.857 bits per heavy atom. The van der Waals surface area contributed by atoms with Crippen LogP contribution in [-0.4, -0.2) is 71.9 Å². The SMILES string of the molecule is Cc1cc(Nc2nc(O)nc(Nc3ccc(N=Nc4c(S(=O)(=O)O)ccc5cc(S(=O)(=O)O)ccc45)c(C)c3)n2)ccc1N=Nc1c(S(=O)(=O)O)ccc2cc(S(=O)(=O)O)ccc12. The van der Waals surface area contributed by atoms with Gasteiger partial charge in [-0.25, -0.2) is 0 Å². The van der Waals surface area contributed by atoms with Crippen molar-refractivity contribution in [1.29, 1.82) is 0 Å². The number of aromatic hydroxyl groups is 1. The lowest BCUT2D eigenvalue weighted by Crippen LogP contribution is -2.03. The average Bonchev–Trinajstić information content (AvgIpc) is 3.17. The number of hydrogen-bond acceptors (Lipinski definition) is 18. The Balaban J connectivity index is 1.10. The molecule has 7 aromatic rings. The van der Waals surface area contributed by atoms with E-state index in [1.807, 2.05) is 0 Å². The predicted molar refractivity (Wildman–Crippen MR) is 226 cm³/mol. The monoisotopic (exact) mass is 935 g/mol. The first kappa shape index (κ1) is 44.2. The van der Waals surface area contributed by atoms with E-state index in [2.05, 4.69) is 46.0 Å². The van der Waals surface area contributed by atoms with E-state index in [0.717, 1.165) is 36.4 Å². The summed E-state index contributed by atoms with van der Waals surface area (Å²) in [5.41, 5.74) is 1.80. The number of nitrogens with one attached hydrogen (secondary N) is 2. The third kappa shape index (κ3) is 9.92. The van der Waals surface area contributed by atoms with Gasteiger partial charge < -0.3 is 15.7 Å². The molecule has 0 atom stereocenters. The van der Waals surface area contributed by atoms with Crippen molar-refractivity contribution in [1.82, 2.24) is 15.0 Å². The van der Waals surface area contributed by atoms with Crippen LogP contribution in [0.2, 0.25) is 0 Å². The summed E-state index contributed by atoms with van der Waals surface area (Å²) in [5, 5.41) is 33.3. The zero-order chi connectivity index (χ0) is 45.6. The van der Waals surface area contributed by atoms with E-state index in [1.165, 1.54) is 36.4 Å². The molecule has 7 N–H and O–H groups in total. The van der Waals surface area contributed by atoms with Gasteiger partial charge >= 0.3 is 6.01 Å². The summed E-state index contributed by atoms with van der Waals surface area (Å²) in [5.74, 6) is -0.181. The summed E-state index contributed by atoms with van der Waals surface area (Å²) in [7, 11) is -18.8. The largest absolute Gasteiger partial charge is 0.479 e. The summed E-state index contributed by atoms with van der Waals surface area (Å²) in [6.07, 6.45) is 0. The minimum absolute atomic E-state index is 0.0906. The van der Waals surface area contributed by atoms with Gasteiger partial charge in [-0.2, -0.15) is 58.9 Å². The summed E-state index contributed by atoms with van der Waals surface area (Å²) in [6, 6.07) is 19.9. The van der Waals surface area contributed by atoms with E-state index in [9.17, 15) is 57.0 Å². The molecule has 26 heteroatoms. The molecule has 0 aliphatic rings. The minimum atomic E-state index is -4.81. The maximum absolute atomic E-state index is 12.2. The highest BCUT2D eigenvalue weighted by molar-refractivity contribution is 7.86. The molecular formula is C37H29N9O13S4. The second-order valence-electron chi connectivity index (χ2n) is 13.4. The normalized spacial score (nSPS) is 12.7. The smallest absolute Gasteiger partial charge is 0.320 e. The summed E-state index contributed by atoms with van der Waals surface area (Å²) < 4.78 is 134. The van der Waals surface area contributed by atoms with Crippen LogP contribution in [0.25, 0.3) is 21.5 Å². The number of fused-ring (bicyclic) bond motifs is 2. The van der Waals surface area contributed by atoms with E-state index in [4.69, 9.17) is 0 Å². The van der Waals surface area contributed by atoms with Crippen LogP contribution < -0.4 is 10.6 Å². The molecule has 324 valence electrons. The van der Waals surface area contributed by atoms with E-state index < -0.39 is 66.1 Å². The van der Waals surface area contributed by atoms with E-state index in [0.29, 0.717) is 22.5 Å². The van der Waals surface area contributed by atoms with Gasteiger partial charge in [-0.05, 0) is 109 Å². The molecule has 0 saturated carbocycles. The molecule has 0 amide bonds. The molecule has 0 unspecified atom stereocenters. The summed E-state index contributed by atoms with van der Waals surface area (Å²) >= 11 is 0. The van der Waals surface area contributed by atoms with Crippen molar-refractivity contribution in [2.75, 3.05) is 10.6 Å². The molecule has 1 aromatic heterocycles. The van der Waals surface area contributed by atoms with Gasteiger partial charge in [0.1, 0.15) is 21.2 Å². The lowest BCUT2D eigenvalue weighted by molar-refractivity contribution is 0.430. The van der Waals surface area contributed by atoms with E-state index in [1.54, 1.807) is 38.1 Å². The number of azo groups is 2. The van der Waals surface area contributed by atoms with Gasteiger partial charge in [-0.1, -0.05) is 24.3 Å². The van der Waals surface area contributed by atoms with Gasteiger partial charge in [0, 0.05) is 22.1 Å². The van der Waals surface area contributed by atoms with Crippen LogP contribution in [0.3, 0.4) is 0 Å². The number of anilines is 4. The second-order valence-corrected chi connectivity index (χ2v) is 19.0. The molecule has 0 aliphatic carbocycles. The molecule has 0 spiro atoms. The van der Waals surface area contributed by atoms with E-state index in [-0.39, 0.29) is 56.2 Å². The fourth-order valence-corrected chi connectivity index (χ4v) is 8.42. The lowest BCUT2D eigenvalue weighted by atomic mass is 10.1. The van der Waals surface area contributed by atoms with Crippen molar-refractivity contribution >= 4 is 108 Å². The molecule has 1 heterocycles. The van der Waals surface area contributed by atoms with Crippen molar-refractivity contribution in [2.45, 2.75) is 33.4 Å². The first-order valence-corrected chi connectivity index (χ1v) is 23.3. The average molecular weight is 936 g/mol. The van der Waals surface area contributed by atoms with Gasteiger partial charge in [0.25, 0.3) is 40.5 Å². The standard InChI is InChI=1S/C37H29N9O13S4/c1-19-15-23(5-11-29(19)43-45-33-27-9-7-25(60(48,49)50)17-21(27)3-13-31(33)62(54,55)56)38-35-40-36(42-37(47)41-35)39-24-6-12-30(20(2)16-24)44-46-34-28-10-8-26(61(51,52)53)18-22(28)4-14-32(34)63(57,58)59/h3-18H,1-2H3,(H,48,49,50)(H,51,52,53)(H,54,55,56)(H,57,58,59)(H3,38,39,40,41,42,47). The molecular weight excluding hydrogens is 907 g/mol. The molecule has 0 radical (unpaired) electrons. The fourth-order valence-electron chi connectivity index (χ4n) is 6.12. The Morgan fingerprint density at radius 3 is 1.21 bits per heavy atom. The first-order valence-electron chi connectivity index (χ1n) is 17.5. The van der Waals surface area contributed by atoms with Crippen LogP contribution in [0.5, 0.6) is 6.01 Å². The Hall–Kier alpha value is -6.91. The van der Waals surface area contributed by atoms with Crippen molar-refractivity contribution < 1.29 is 57.0 Å². The Kier molecular flexibility index (Phi) is 11.5. The number of aromatic nitrogens is 3. The molecule has 0 bridgehead atoms. The molecule has 0 saturated heterocycles. The number of rotatable bonds is 12. The van der Waals surface area contributed by atoms with Crippen LogP contribution in [0, 0.1) is 13.8 Å². The highest BCUT2D eigenvalue weighted by atomic mass is 32.2. The molecule has 63 heavy (non-hydrogen) atoms. The maximum atomic E-state index is 12.2. The quantitative estimate of drug-likeness (QED) is 0.0453. The number of hydrogen-bond donors (Lipinski definition) is 7. The Bertz CT molecular complexity index is 3340. The van der Waals surface area contributed by atoms with Crippen LogP contribution in [0.1, 0.15) is 11.1 Å². The minimum Gasteiger partial charge on any atom is -0.479 e. The van der Waals surface area contributed by atoms with Gasteiger partial charge in [-0.3, -0.25) is 18.2 Å². The predicted octanol–water partition coefficient (Wildman–Crippen LogP) is 7.81. The van der Waals surface area contributed by atoms with Gasteiger partial charge in [0.15, 0.2) is 0 Å². The van der Waals surface area contributed by atoms with Crippen molar-refractivity contribution in [3.63, 3.8) is 0 Å². The zero-order valence-electron chi connectivity index (χ0n) is 32.0. The van der Waals surface area contributed by atoms with Gasteiger partial charge in [-0.15, -0.1) is 10.2 Å². The van der Waals surface area contributed by atoms with Crippen molar-refractivity contribution in [3.8, 4) is 6.01 Å². The van der Waals surface area contributed by atoms with E-state index >= 15 is 0 Å². The molecule has 0 aliphatic heterocycles. The Labute approximate surface area is 357 Å². The molecule has 7 rings (SSSR count). The highest BCUT2D eigenvalue weighted by Gasteiger charge is 2.22. The third-order valence-corrected chi connectivity index (χ3v) is 12.5. The second kappa shape index (κ2) is 16.4. The Morgan fingerprint density at radius 1 is 0.460 bits per heavy atom. The van der Waals surface area contributed by atoms with Gasteiger partial charge in [0.2, 0.25) is 11.9 Å². The summed E-state index contributed by atoms with van der Waals surface area (Å²) in [4.78, 5) is 10.0. The molecule has 6 aromatic carbocycles. The first-order chi connectivity index (χ1) is 29.4. The molecule has 22 nitrogen and oxygen atoms in total. The number of benzene rings is 6. The third-order valence-electron chi connectivity index (χ3n) is 9.05. The van der Waals surface area contributed by atoms with Crippen molar-refractivity contribution in [2.24, 2.45) is 20.5 Å². The zero-order valence-corrected chi connectivity index (χ0v) is 35.3. The summed E-state index contributed by atoms with van der Waals surface area (Å²) in [6.45, 7) is 3.32. The maximum Gasteiger partial charge on any atom is 0.320 e. The van der Waals surface area contributed by atoms with Crippen LogP contribution in [0.15, 0.2) is 137 Å². The number of aryl methyl sites for hydroxylation is 2. The van der Waals surface area contributed by atoms with Gasteiger partial charge in [0.05, 0.1) is 21.2 Å². The highest BCUT2D eigenvalue weighted by Crippen LogP contribution is 2.38. The van der Waals surface area contributed by atoms with Crippen LogP contribution in [-0.2, 0) is 40.5 Å². The van der Waals surface area contributed by atoms with Crippen LogP contribution in [0.4, 0.5) is 46.0 Å². The van der Waals surface area contributed by atoms with Crippen LogP contribution >= 0.6 is 0 Å². The topological polar surface area (TPSA) is 350 Å². The molecule has 0 fully saturated rings. The van der Waals surface area contributed by atoms with Crippen molar-refractivity contribution in [3.05, 3.63) is 108 Å².